The van der Waals surface area contributed by atoms with E-state index in [0.29, 0.717) is 23.5 Å². The van der Waals surface area contributed by atoms with Gasteiger partial charge in [-0.2, -0.15) is 0 Å². The number of alkyl halides is 4. The molecule has 0 atom stereocenters. The van der Waals surface area contributed by atoms with Gasteiger partial charge in [0, 0.05) is 74.2 Å². The van der Waals surface area contributed by atoms with Gasteiger partial charge in [-0.05, 0) is 54.9 Å². The van der Waals surface area contributed by atoms with E-state index >= 15 is 0 Å². The van der Waals surface area contributed by atoms with E-state index in [4.69, 9.17) is 46.4 Å². The lowest BCUT2D eigenvalue weighted by Gasteiger charge is -2.23. The number of hydrogen-bond donors (Lipinski definition) is 2. The van der Waals surface area contributed by atoms with Crippen molar-refractivity contribution in [3.05, 3.63) is 59.7 Å². The van der Waals surface area contributed by atoms with Gasteiger partial charge in [0.05, 0.1) is 0 Å². The van der Waals surface area contributed by atoms with Crippen LogP contribution in [-0.2, 0) is 13.1 Å². The van der Waals surface area contributed by atoms with Crippen LogP contribution < -0.4 is 20.4 Å². The lowest BCUT2D eigenvalue weighted by atomic mass is 10.2. The number of halogens is 5. The molecule has 192 valence electrons. The van der Waals surface area contributed by atoms with Crippen LogP contribution in [0.4, 0.5) is 11.4 Å². The summed E-state index contributed by atoms with van der Waals surface area (Å²) in [6, 6.07) is 17.3. The molecule has 0 aliphatic heterocycles. The third kappa shape index (κ3) is 11.9. The van der Waals surface area contributed by atoms with Crippen molar-refractivity contribution >= 4 is 70.2 Å². The molecule has 0 unspecified atom stereocenters. The molecule has 9 heteroatoms. The normalized spacial score (nSPS) is 10.7. The van der Waals surface area contributed by atoms with Gasteiger partial charge in [-0.1, -0.05) is 24.3 Å². The summed E-state index contributed by atoms with van der Waals surface area (Å²) in [7, 11) is 0. The van der Waals surface area contributed by atoms with Crippen LogP contribution in [-0.4, -0.2) is 62.8 Å². The highest BCUT2D eigenvalue weighted by molar-refractivity contribution is 6.19. The van der Waals surface area contributed by atoms with Gasteiger partial charge in [-0.3, -0.25) is 0 Å². The minimum absolute atomic E-state index is 0. The molecule has 4 nitrogen and oxygen atoms in total. The molecule has 0 radical (unpaired) electrons. The summed E-state index contributed by atoms with van der Waals surface area (Å²) in [6.45, 7) is 6.93. The molecular formula is C25H37Cl5N4. The van der Waals surface area contributed by atoms with Gasteiger partial charge < -0.3 is 20.4 Å². The predicted octanol–water partition coefficient (Wildman–Crippen LogP) is 5.95. The predicted molar refractivity (Wildman–Crippen MR) is 155 cm³/mol. The highest BCUT2D eigenvalue weighted by Gasteiger charge is 2.06. The summed E-state index contributed by atoms with van der Waals surface area (Å²) >= 11 is 23.6. The molecule has 2 N–H and O–H groups in total. The molecule has 0 aliphatic rings. The van der Waals surface area contributed by atoms with Gasteiger partial charge in [-0.25, -0.2) is 0 Å². The van der Waals surface area contributed by atoms with Gasteiger partial charge in [0.15, 0.2) is 0 Å². The fourth-order valence-electron chi connectivity index (χ4n) is 3.60. The minimum Gasteiger partial charge on any atom is -0.369 e. The highest BCUT2D eigenvalue weighted by atomic mass is 35.5. The van der Waals surface area contributed by atoms with Crippen molar-refractivity contribution in [3.63, 3.8) is 0 Å². The van der Waals surface area contributed by atoms with Crippen molar-refractivity contribution in [2.75, 3.05) is 72.6 Å². The largest absolute Gasteiger partial charge is 0.369 e. The fraction of sp³-hybridized carbons (Fsp3) is 0.520. The summed E-state index contributed by atoms with van der Waals surface area (Å²) in [4.78, 5) is 4.43. The Kier molecular flexibility index (Phi) is 18.1. The summed E-state index contributed by atoms with van der Waals surface area (Å²) in [5.74, 6) is 2.39. The minimum atomic E-state index is 0. The first-order valence-corrected chi connectivity index (χ1v) is 13.7. The number of nitrogens with one attached hydrogen (secondary N) is 2. The number of anilines is 2. The van der Waals surface area contributed by atoms with Gasteiger partial charge in [0.25, 0.3) is 0 Å². The van der Waals surface area contributed by atoms with Crippen LogP contribution in [0.3, 0.4) is 0 Å². The third-order valence-corrected chi connectivity index (χ3v) is 6.06. The zero-order valence-corrected chi connectivity index (χ0v) is 23.5. The van der Waals surface area contributed by atoms with E-state index in [-0.39, 0.29) is 12.4 Å². The summed E-state index contributed by atoms with van der Waals surface area (Å²) in [6.07, 6.45) is 1.08. The van der Waals surface area contributed by atoms with Crippen LogP contribution >= 0.6 is 58.8 Å². The maximum Gasteiger partial charge on any atom is 0.0399 e. The van der Waals surface area contributed by atoms with Gasteiger partial charge in [0.2, 0.25) is 0 Å². The molecule has 0 aromatic heterocycles. The molecule has 0 aliphatic carbocycles. The van der Waals surface area contributed by atoms with Crippen molar-refractivity contribution in [1.82, 2.24) is 10.6 Å². The van der Waals surface area contributed by atoms with E-state index in [0.717, 1.165) is 58.8 Å². The van der Waals surface area contributed by atoms with Crippen molar-refractivity contribution in [3.8, 4) is 0 Å². The average Bonchev–Trinajstić information content (AvgIpc) is 2.84. The molecule has 2 aromatic rings. The molecule has 0 spiro atoms. The Morgan fingerprint density at radius 2 is 0.853 bits per heavy atom. The molecule has 2 rings (SSSR count). The standard InChI is InChI=1S/C25H36Cl4N4.ClH/c26-10-16-32(17-11-27)24-6-2-22(3-7-24)20-30-14-1-15-31-21-23-4-8-25(9-5-23)33(18-12-28)19-13-29;/h2-9,30-31H,1,10-21H2;1H. The Morgan fingerprint density at radius 1 is 0.529 bits per heavy atom. The second-order valence-electron chi connectivity index (χ2n) is 7.77. The number of hydrogen-bond acceptors (Lipinski definition) is 4. The molecule has 0 saturated carbocycles. The molecule has 34 heavy (non-hydrogen) atoms. The first kappa shape index (κ1) is 31.4. The Hall–Kier alpha value is -0.590. The second-order valence-corrected chi connectivity index (χ2v) is 9.28. The second kappa shape index (κ2) is 19.6. The Labute approximate surface area is 231 Å². The number of nitrogens with zero attached hydrogens (tertiary/aromatic N) is 2. The van der Waals surface area contributed by atoms with Crippen LogP contribution in [0.5, 0.6) is 0 Å². The molecule has 2 aromatic carbocycles. The zero-order chi connectivity index (χ0) is 23.7. The lowest BCUT2D eigenvalue weighted by molar-refractivity contribution is 0.595. The van der Waals surface area contributed by atoms with Crippen molar-refractivity contribution in [2.45, 2.75) is 19.5 Å². The van der Waals surface area contributed by atoms with Crippen LogP contribution in [0, 0.1) is 0 Å². The maximum absolute atomic E-state index is 5.90. The fourth-order valence-corrected chi connectivity index (χ4v) is 4.42. The van der Waals surface area contributed by atoms with E-state index in [2.05, 4.69) is 69.0 Å². The highest BCUT2D eigenvalue weighted by Crippen LogP contribution is 2.16. The van der Waals surface area contributed by atoms with Crippen LogP contribution in [0.15, 0.2) is 48.5 Å². The number of rotatable bonds is 18. The smallest absolute Gasteiger partial charge is 0.0399 e. The Balaban J connectivity index is 0.00000578. The molecule has 0 amide bonds. The van der Waals surface area contributed by atoms with Crippen LogP contribution in [0.1, 0.15) is 17.5 Å². The summed E-state index contributed by atoms with van der Waals surface area (Å²) < 4.78 is 0. The van der Waals surface area contributed by atoms with E-state index in [9.17, 15) is 0 Å². The zero-order valence-electron chi connectivity index (χ0n) is 19.6. The lowest BCUT2D eigenvalue weighted by Crippen LogP contribution is -2.27. The topological polar surface area (TPSA) is 30.5 Å². The first-order chi connectivity index (χ1) is 16.2. The van der Waals surface area contributed by atoms with Gasteiger partial charge in [0.1, 0.15) is 0 Å². The first-order valence-electron chi connectivity index (χ1n) is 11.5. The monoisotopic (exact) mass is 568 g/mol. The SMILES string of the molecule is Cl.ClCCN(CCCl)c1ccc(CNCCCNCc2ccc(N(CCCl)CCCl)cc2)cc1. The van der Waals surface area contributed by atoms with E-state index in [1.807, 2.05) is 0 Å². The molecule has 0 heterocycles. The summed E-state index contributed by atoms with van der Waals surface area (Å²) in [5.41, 5.74) is 4.90. The maximum atomic E-state index is 5.90. The van der Waals surface area contributed by atoms with Gasteiger partial charge >= 0.3 is 0 Å². The molecular weight excluding hydrogens is 534 g/mol. The van der Waals surface area contributed by atoms with E-state index in [1.54, 1.807) is 0 Å². The van der Waals surface area contributed by atoms with Crippen molar-refractivity contribution in [2.24, 2.45) is 0 Å². The van der Waals surface area contributed by atoms with Crippen molar-refractivity contribution in [1.29, 1.82) is 0 Å². The van der Waals surface area contributed by atoms with Gasteiger partial charge in [-0.15, -0.1) is 58.8 Å². The third-order valence-electron chi connectivity index (χ3n) is 5.39. The van der Waals surface area contributed by atoms with E-state index in [1.165, 1.54) is 22.5 Å². The Bertz CT molecular complexity index is 670. The molecule has 0 fully saturated rings. The average molecular weight is 571 g/mol. The van der Waals surface area contributed by atoms with Crippen LogP contribution in [0.2, 0.25) is 0 Å². The Morgan fingerprint density at radius 3 is 1.15 bits per heavy atom. The summed E-state index contributed by atoms with van der Waals surface area (Å²) in [5, 5.41) is 7.04. The van der Waals surface area contributed by atoms with Crippen LogP contribution in [0.25, 0.3) is 0 Å². The molecule has 0 bridgehead atoms. The molecule has 0 saturated heterocycles. The van der Waals surface area contributed by atoms with Crippen molar-refractivity contribution < 1.29 is 0 Å². The quantitative estimate of drug-likeness (QED) is 0.171. The number of benzene rings is 2. The van der Waals surface area contributed by atoms with E-state index < -0.39 is 0 Å².